The van der Waals surface area contributed by atoms with Gasteiger partial charge in [0.15, 0.2) is 6.10 Å². The Balaban J connectivity index is 2.50. The van der Waals surface area contributed by atoms with Crippen LogP contribution in [0.4, 0.5) is 0 Å². The molecule has 1 aromatic carbocycles. The molecule has 0 bridgehead atoms. The summed E-state index contributed by atoms with van der Waals surface area (Å²) in [7, 11) is 0. The molecule has 0 heterocycles. The zero-order valence-electron chi connectivity index (χ0n) is 10.3. The van der Waals surface area contributed by atoms with Gasteiger partial charge in [0.1, 0.15) is 12.4 Å². The number of halogens is 1. The van der Waals surface area contributed by atoms with Crippen molar-refractivity contribution in [1.82, 2.24) is 0 Å². The van der Waals surface area contributed by atoms with E-state index < -0.39 is 12.1 Å². The number of hydrogen-bond acceptors (Lipinski definition) is 4. The van der Waals surface area contributed by atoms with Crippen LogP contribution in [0.1, 0.15) is 12.5 Å². The number of ether oxygens (including phenoxy) is 2. The summed E-state index contributed by atoms with van der Waals surface area (Å²) < 4.78 is 10.0. The minimum atomic E-state index is -1.13. The van der Waals surface area contributed by atoms with E-state index >= 15 is 0 Å². The Morgan fingerprint density at radius 1 is 1.39 bits per heavy atom. The van der Waals surface area contributed by atoms with Gasteiger partial charge in [-0.05, 0) is 24.6 Å². The zero-order chi connectivity index (χ0) is 13.4. The molecule has 4 nitrogen and oxygen atoms in total. The maximum atomic E-state index is 11.2. The van der Waals surface area contributed by atoms with Crippen molar-refractivity contribution in [3.05, 3.63) is 29.8 Å². The SMILES string of the molecule is CCOC(=O)[C@@H](O)Cc1ccc(OCCCl)cc1. The fourth-order valence-corrected chi connectivity index (χ4v) is 1.50. The lowest BCUT2D eigenvalue weighted by Crippen LogP contribution is -2.25. The third-order valence-corrected chi connectivity index (χ3v) is 2.41. The quantitative estimate of drug-likeness (QED) is 0.607. The molecule has 0 aliphatic rings. The van der Waals surface area contributed by atoms with Crippen LogP contribution in [0.15, 0.2) is 24.3 Å². The summed E-state index contributed by atoms with van der Waals surface area (Å²) in [4.78, 5) is 11.2. The smallest absolute Gasteiger partial charge is 0.335 e. The summed E-state index contributed by atoms with van der Waals surface area (Å²) in [6, 6.07) is 7.15. The zero-order valence-corrected chi connectivity index (χ0v) is 11.0. The standard InChI is InChI=1S/C13H17ClO4/c1-2-17-13(16)12(15)9-10-3-5-11(6-4-10)18-8-7-14/h3-6,12,15H,2,7-9H2,1H3/t12-/m0/s1. The molecular formula is C13H17ClO4. The van der Waals surface area contributed by atoms with Gasteiger partial charge in [-0.2, -0.15) is 0 Å². The molecule has 0 fully saturated rings. The summed E-state index contributed by atoms with van der Waals surface area (Å²) >= 11 is 5.51. The summed E-state index contributed by atoms with van der Waals surface area (Å²) in [5.74, 6) is 0.550. The van der Waals surface area contributed by atoms with Gasteiger partial charge < -0.3 is 14.6 Å². The molecule has 1 atom stereocenters. The van der Waals surface area contributed by atoms with E-state index in [-0.39, 0.29) is 13.0 Å². The highest BCUT2D eigenvalue weighted by molar-refractivity contribution is 6.18. The number of rotatable bonds is 7. The van der Waals surface area contributed by atoms with Crippen LogP contribution in [-0.4, -0.2) is 36.3 Å². The van der Waals surface area contributed by atoms with Gasteiger partial charge in [-0.25, -0.2) is 4.79 Å². The Morgan fingerprint density at radius 2 is 2.06 bits per heavy atom. The second kappa shape index (κ2) is 7.95. The molecule has 1 N–H and O–H groups in total. The van der Waals surface area contributed by atoms with Crippen LogP contribution in [0, 0.1) is 0 Å². The van der Waals surface area contributed by atoms with E-state index in [1.54, 1.807) is 31.2 Å². The number of alkyl halides is 1. The van der Waals surface area contributed by atoms with Gasteiger partial charge in [0.25, 0.3) is 0 Å². The summed E-state index contributed by atoms with van der Waals surface area (Å²) in [6.45, 7) is 2.42. The molecule has 0 aliphatic heterocycles. The first kappa shape index (κ1) is 14.8. The first-order chi connectivity index (χ1) is 8.67. The molecule has 100 valence electrons. The molecule has 1 rings (SSSR count). The van der Waals surface area contributed by atoms with Crippen LogP contribution >= 0.6 is 11.6 Å². The van der Waals surface area contributed by atoms with Crippen molar-refractivity contribution in [2.75, 3.05) is 19.1 Å². The van der Waals surface area contributed by atoms with Gasteiger partial charge in [0, 0.05) is 6.42 Å². The number of carbonyl (C=O) groups excluding carboxylic acids is 1. The highest BCUT2D eigenvalue weighted by Crippen LogP contribution is 2.13. The molecule has 0 aliphatic carbocycles. The highest BCUT2D eigenvalue weighted by Gasteiger charge is 2.16. The van der Waals surface area contributed by atoms with E-state index in [2.05, 4.69) is 0 Å². The van der Waals surface area contributed by atoms with E-state index in [1.807, 2.05) is 0 Å². The summed E-state index contributed by atoms with van der Waals surface area (Å²) in [6.07, 6.45) is -0.895. The molecule has 0 amide bonds. The number of benzene rings is 1. The molecule has 0 radical (unpaired) electrons. The molecule has 5 heteroatoms. The molecule has 0 saturated heterocycles. The lowest BCUT2D eigenvalue weighted by atomic mass is 10.1. The fourth-order valence-electron chi connectivity index (χ4n) is 1.42. The van der Waals surface area contributed by atoms with Crippen molar-refractivity contribution < 1.29 is 19.4 Å². The first-order valence-electron chi connectivity index (χ1n) is 5.79. The minimum Gasteiger partial charge on any atom is -0.492 e. The second-order valence-corrected chi connectivity index (χ2v) is 4.03. The van der Waals surface area contributed by atoms with Gasteiger partial charge in [0.05, 0.1) is 12.5 Å². The average molecular weight is 273 g/mol. The summed E-state index contributed by atoms with van der Waals surface area (Å²) in [5.41, 5.74) is 0.841. The Morgan fingerprint density at radius 3 is 2.61 bits per heavy atom. The van der Waals surface area contributed by atoms with Crippen LogP contribution in [0.25, 0.3) is 0 Å². The second-order valence-electron chi connectivity index (χ2n) is 3.65. The van der Waals surface area contributed by atoms with Gasteiger partial charge in [-0.15, -0.1) is 11.6 Å². The fraction of sp³-hybridized carbons (Fsp3) is 0.462. The number of hydrogen-bond donors (Lipinski definition) is 1. The maximum absolute atomic E-state index is 11.2. The van der Waals surface area contributed by atoms with Gasteiger partial charge in [0.2, 0.25) is 0 Å². The third-order valence-electron chi connectivity index (χ3n) is 2.26. The molecule has 0 unspecified atom stereocenters. The van der Waals surface area contributed by atoms with Gasteiger partial charge in [-0.1, -0.05) is 12.1 Å². The molecule has 18 heavy (non-hydrogen) atoms. The topological polar surface area (TPSA) is 55.8 Å². The Kier molecular flexibility index (Phi) is 6.54. The normalized spacial score (nSPS) is 11.9. The minimum absolute atomic E-state index is 0.231. The molecule has 0 spiro atoms. The van der Waals surface area contributed by atoms with Crippen LogP contribution in [0.5, 0.6) is 5.75 Å². The summed E-state index contributed by atoms with van der Waals surface area (Å²) in [5, 5.41) is 9.59. The number of aliphatic hydroxyl groups excluding tert-OH is 1. The van der Waals surface area contributed by atoms with Crippen molar-refractivity contribution in [1.29, 1.82) is 0 Å². The number of aliphatic hydroxyl groups is 1. The molecular weight excluding hydrogens is 256 g/mol. The molecule has 1 aromatic rings. The van der Waals surface area contributed by atoms with Crippen LogP contribution < -0.4 is 4.74 Å². The van der Waals surface area contributed by atoms with Gasteiger partial charge in [-0.3, -0.25) is 0 Å². The van der Waals surface area contributed by atoms with E-state index in [0.29, 0.717) is 18.2 Å². The van der Waals surface area contributed by atoms with Crippen molar-refractivity contribution in [3.63, 3.8) is 0 Å². The Bertz CT molecular complexity index is 364. The van der Waals surface area contributed by atoms with E-state index in [1.165, 1.54) is 0 Å². The highest BCUT2D eigenvalue weighted by atomic mass is 35.5. The Labute approximate surface area is 111 Å². The van der Waals surface area contributed by atoms with E-state index in [9.17, 15) is 9.90 Å². The predicted octanol–water partition coefficient (Wildman–Crippen LogP) is 1.77. The van der Waals surface area contributed by atoms with Crippen LogP contribution in [-0.2, 0) is 16.0 Å². The molecule has 0 saturated carbocycles. The van der Waals surface area contributed by atoms with E-state index in [4.69, 9.17) is 21.1 Å². The number of carbonyl (C=O) groups is 1. The predicted molar refractivity (Wildman–Crippen MR) is 69.0 cm³/mol. The Hall–Kier alpha value is -1.26. The average Bonchev–Trinajstić information content (AvgIpc) is 2.38. The van der Waals surface area contributed by atoms with Crippen molar-refractivity contribution in [2.24, 2.45) is 0 Å². The van der Waals surface area contributed by atoms with Gasteiger partial charge >= 0.3 is 5.97 Å². The largest absolute Gasteiger partial charge is 0.492 e. The van der Waals surface area contributed by atoms with E-state index in [0.717, 1.165) is 5.56 Å². The maximum Gasteiger partial charge on any atom is 0.335 e. The lowest BCUT2D eigenvalue weighted by molar-refractivity contribution is -0.152. The number of esters is 1. The lowest BCUT2D eigenvalue weighted by Gasteiger charge is -2.10. The van der Waals surface area contributed by atoms with Crippen molar-refractivity contribution in [3.8, 4) is 5.75 Å². The third kappa shape index (κ3) is 4.94. The van der Waals surface area contributed by atoms with Crippen molar-refractivity contribution in [2.45, 2.75) is 19.4 Å². The molecule has 0 aromatic heterocycles. The van der Waals surface area contributed by atoms with Crippen LogP contribution in [0.2, 0.25) is 0 Å². The first-order valence-corrected chi connectivity index (χ1v) is 6.33. The van der Waals surface area contributed by atoms with Crippen LogP contribution in [0.3, 0.4) is 0 Å². The monoisotopic (exact) mass is 272 g/mol. The van der Waals surface area contributed by atoms with Crippen molar-refractivity contribution >= 4 is 17.6 Å².